The Bertz CT molecular complexity index is 287. The first-order chi connectivity index (χ1) is 7.17. The van der Waals surface area contributed by atoms with Gasteiger partial charge < -0.3 is 14.2 Å². The highest BCUT2D eigenvalue weighted by molar-refractivity contribution is 5.89. The molecule has 5 nitrogen and oxygen atoms in total. The summed E-state index contributed by atoms with van der Waals surface area (Å²) in [5.41, 5.74) is -0.572. The van der Waals surface area contributed by atoms with Crippen LogP contribution in [0.4, 0.5) is 4.79 Å². The number of hydrogen-bond acceptors (Lipinski definition) is 5. The Kier molecular flexibility index (Phi) is 5.01. The third-order valence-electron chi connectivity index (χ3n) is 1.60. The average molecular weight is 230 g/mol. The Morgan fingerprint density at radius 2 is 1.75 bits per heavy atom. The summed E-state index contributed by atoms with van der Waals surface area (Å²) < 4.78 is 14.2. The van der Waals surface area contributed by atoms with Gasteiger partial charge in [0.25, 0.3) is 0 Å². The van der Waals surface area contributed by atoms with Crippen molar-refractivity contribution >= 4 is 12.1 Å². The highest BCUT2D eigenvalue weighted by atomic mass is 16.7. The van der Waals surface area contributed by atoms with E-state index in [1.807, 2.05) is 0 Å². The molecular weight excluding hydrogens is 212 g/mol. The summed E-state index contributed by atoms with van der Waals surface area (Å²) in [7, 11) is 1.23. The lowest BCUT2D eigenvalue weighted by atomic mass is 10.2. The van der Waals surface area contributed by atoms with Gasteiger partial charge in [-0.1, -0.05) is 6.58 Å². The van der Waals surface area contributed by atoms with E-state index in [2.05, 4.69) is 11.3 Å². The lowest BCUT2D eigenvalue weighted by Crippen LogP contribution is -2.28. The van der Waals surface area contributed by atoms with Gasteiger partial charge in [0.15, 0.2) is 0 Å². The summed E-state index contributed by atoms with van der Waals surface area (Å²) in [6.45, 7) is 10.1. The normalized spacial score (nSPS) is 12.6. The lowest BCUT2D eigenvalue weighted by Gasteiger charge is -2.21. The van der Waals surface area contributed by atoms with Gasteiger partial charge in [0.2, 0.25) is 0 Å². The van der Waals surface area contributed by atoms with Crippen molar-refractivity contribution < 1.29 is 23.8 Å². The molecule has 0 aliphatic carbocycles. The number of carbonyl (C=O) groups is 2. The molecular formula is C11H18O5. The molecule has 0 saturated carbocycles. The van der Waals surface area contributed by atoms with Crippen LogP contribution in [0, 0.1) is 0 Å². The van der Waals surface area contributed by atoms with Crippen LogP contribution < -0.4 is 0 Å². The van der Waals surface area contributed by atoms with E-state index in [0.717, 1.165) is 0 Å². The predicted molar refractivity (Wildman–Crippen MR) is 57.9 cm³/mol. The highest BCUT2D eigenvalue weighted by Gasteiger charge is 2.23. The minimum Gasteiger partial charge on any atom is -0.466 e. The van der Waals surface area contributed by atoms with Crippen LogP contribution >= 0.6 is 0 Å². The molecule has 1 atom stereocenters. The number of methoxy groups -OCH3 is 1. The van der Waals surface area contributed by atoms with Crippen molar-refractivity contribution in [3.05, 3.63) is 12.2 Å². The second-order valence-corrected chi connectivity index (χ2v) is 4.24. The smallest absolute Gasteiger partial charge is 0.466 e. The van der Waals surface area contributed by atoms with E-state index in [9.17, 15) is 9.59 Å². The molecule has 16 heavy (non-hydrogen) atoms. The molecule has 0 bridgehead atoms. The first-order valence-corrected chi connectivity index (χ1v) is 4.84. The van der Waals surface area contributed by atoms with Crippen molar-refractivity contribution in [2.24, 2.45) is 0 Å². The van der Waals surface area contributed by atoms with Crippen LogP contribution in [0.15, 0.2) is 12.2 Å². The summed E-state index contributed by atoms with van der Waals surface area (Å²) in [6.07, 6.45) is -1.62. The van der Waals surface area contributed by atoms with Gasteiger partial charge in [-0.15, -0.1) is 0 Å². The second-order valence-electron chi connectivity index (χ2n) is 4.24. The predicted octanol–water partition coefficient (Wildman–Crippen LogP) is 2.06. The van der Waals surface area contributed by atoms with E-state index in [1.54, 1.807) is 20.8 Å². The van der Waals surface area contributed by atoms with Crippen LogP contribution in [0.1, 0.15) is 27.7 Å². The van der Waals surface area contributed by atoms with Gasteiger partial charge in [-0.25, -0.2) is 9.59 Å². The molecule has 0 spiro atoms. The molecule has 0 aromatic carbocycles. The molecule has 0 aromatic heterocycles. The molecule has 0 fully saturated rings. The van der Waals surface area contributed by atoms with Crippen molar-refractivity contribution in [2.75, 3.05) is 7.11 Å². The van der Waals surface area contributed by atoms with E-state index in [1.165, 1.54) is 14.0 Å². The summed E-state index contributed by atoms with van der Waals surface area (Å²) >= 11 is 0. The van der Waals surface area contributed by atoms with Crippen molar-refractivity contribution in [1.82, 2.24) is 0 Å². The summed E-state index contributed by atoms with van der Waals surface area (Å²) in [4.78, 5) is 22.3. The molecule has 0 radical (unpaired) electrons. The van der Waals surface area contributed by atoms with Crippen LogP contribution in [0.3, 0.4) is 0 Å². The van der Waals surface area contributed by atoms with Crippen LogP contribution in [-0.2, 0) is 19.0 Å². The number of carbonyl (C=O) groups excluding carboxylic acids is 2. The fourth-order valence-corrected chi connectivity index (χ4v) is 0.787. The minimum absolute atomic E-state index is 0.0633. The fraction of sp³-hybridized carbons (Fsp3) is 0.636. The van der Waals surface area contributed by atoms with Gasteiger partial charge in [0.05, 0.1) is 12.7 Å². The summed E-state index contributed by atoms with van der Waals surface area (Å²) in [5, 5.41) is 0. The molecule has 0 aromatic rings. The summed E-state index contributed by atoms with van der Waals surface area (Å²) in [6, 6.07) is 0. The van der Waals surface area contributed by atoms with Gasteiger partial charge in [0.1, 0.15) is 11.7 Å². The molecule has 0 aliphatic rings. The highest BCUT2D eigenvalue weighted by Crippen LogP contribution is 2.12. The zero-order valence-corrected chi connectivity index (χ0v) is 10.3. The Labute approximate surface area is 95.4 Å². The quantitative estimate of drug-likeness (QED) is 0.548. The molecule has 0 amide bonds. The third-order valence-corrected chi connectivity index (χ3v) is 1.60. The lowest BCUT2D eigenvalue weighted by molar-refractivity contribution is -0.137. The van der Waals surface area contributed by atoms with Crippen molar-refractivity contribution in [1.29, 1.82) is 0 Å². The first-order valence-electron chi connectivity index (χ1n) is 4.84. The molecule has 0 rings (SSSR count). The first kappa shape index (κ1) is 14.5. The van der Waals surface area contributed by atoms with Crippen LogP contribution in [-0.4, -0.2) is 30.9 Å². The molecule has 0 N–H and O–H groups in total. The standard InChI is InChI=1S/C11H18O5/c1-7(9(12)14-6)8(2)15-10(13)16-11(3,4)5/h8H,1H2,2-6H3. The zero-order chi connectivity index (χ0) is 12.9. The molecule has 0 aliphatic heterocycles. The molecule has 1 unspecified atom stereocenters. The van der Waals surface area contributed by atoms with Gasteiger partial charge in [0, 0.05) is 0 Å². The van der Waals surface area contributed by atoms with Crippen LogP contribution in [0.25, 0.3) is 0 Å². The van der Waals surface area contributed by atoms with Crippen LogP contribution in [0.5, 0.6) is 0 Å². The largest absolute Gasteiger partial charge is 0.509 e. The Morgan fingerprint density at radius 3 is 2.12 bits per heavy atom. The number of rotatable bonds is 3. The van der Waals surface area contributed by atoms with E-state index in [0.29, 0.717) is 0 Å². The van der Waals surface area contributed by atoms with Gasteiger partial charge in [-0.2, -0.15) is 0 Å². The molecule has 92 valence electrons. The molecule has 5 heteroatoms. The Hall–Kier alpha value is -1.52. The van der Waals surface area contributed by atoms with E-state index in [-0.39, 0.29) is 5.57 Å². The maximum Gasteiger partial charge on any atom is 0.509 e. The van der Waals surface area contributed by atoms with Crippen LogP contribution in [0.2, 0.25) is 0 Å². The second kappa shape index (κ2) is 5.53. The monoisotopic (exact) mass is 230 g/mol. The maximum absolute atomic E-state index is 11.2. The summed E-state index contributed by atoms with van der Waals surface area (Å²) in [5.74, 6) is -0.615. The molecule has 0 heterocycles. The minimum atomic E-state index is -0.843. The topological polar surface area (TPSA) is 61.8 Å². The van der Waals surface area contributed by atoms with Gasteiger partial charge in [-0.05, 0) is 27.7 Å². The average Bonchev–Trinajstić information content (AvgIpc) is 2.12. The van der Waals surface area contributed by atoms with Gasteiger partial charge in [-0.3, -0.25) is 0 Å². The number of ether oxygens (including phenoxy) is 3. The zero-order valence-electron chi connectivity index (χ0n) is 10.3. The van der Waals surface area contributed by atoms with Crippen molar-refractivity contribution in [3.8, 4) is 0 Å². The Balaban J connectivity index is 4.25. The Morgan fingerprint density at radius 1 is 1.25 bits per heavy atom. The number of hydrogen-bond donors (Lipinski definition) is 0. The van der Waals surface area contributed by atoms with E-state index < -0.39 is 23.8 Å². The number of esters is 1. The SMILES string of the molecule is C=C(C(=O)OC)C(C)OC(=O)OC(C)(C)C. The van der Waals surface area contributed by atoms with Gasteiger partial charge >= 0.3 is 12.1 Å². The van der Waals surface area contributed by atoms with Crippen molar-refractivity contribution in [3.63, 3.8) is 0 Å². The fourth-order valence-electron chi connectivity index (χ4n) is 0.787. The maximum atomic E-state index is 11.2. The third kappa shape index (κ3) is 5.38. The van der Waals surface area contributed by atoms with Crippen molar-refractivity contribution in [2.45, 2.75) is 39.4 Å². The molecule has 0 saturated heterocycles. The van der Waals surface area contributed by atoms with E-state index >= 15 is 0 Å². The van der Waals surface area contributed by atoms with E-state index in [4.69, 9.17) is 9.47 Å².